The van der Waals surface area contributed by atoms with Crippen LogP contribution >= 0.6 is 11.6 Å². The Morgan fingerprint density at radius 1 is 1.12 bits per heavy atom. The van der Waals surface area contributed by atoms with Gasteiger partial charge in [-0.15, -0.1) is 4.40 Å². The van der Waals surface area contributed by atoms with Crippen LogP contribution in [0.2, 0.25) is 5.02 Å². The number of esters is 1. The molecule has 0 unspecified atom stereocenters. The highest BCUT2D eigenvalue weighted by atomic mass is 35.5. The second kappa shape index (κ2) is 8.93. The normalized spacial score (nSPS) is 15.1. The van der Waals surface area contributed by atoms with Crippen molar-refractivity contribution in [2.75, 3.05) is 0 Å². The summed E-state index contributed by atoms with van der Waals surface area (Å²) in [7, 11) is -3.95. The predicted octanol–water partition coefficient (Wildman–Crippen LogP) is 3.54. The van der Waals surface area contributed by atoms with E-state index in [0.29, 0.717) is 16.4 Å². The molecule has 0 bridgehead atoms. The first-order chi connectivity index (χ1) is 15.3. The molecule has 0 aliphatic carbocycles. The fraction of sp³-hybridized carbons (Fsp3) is 0.143. The lowest BCUT2D eigenvalue weighted by atomic mass is 10.2. The van der Waals surface area contributed by atoms with Crippen LogP contribution in [0.4, 0.5) is 0 Å². The molecule has 1 aromatic heterocycles. The molecule has 0 amide bonds. The lowest BCUT2D eigenvalue weighted by Crippen LogP contribution is -2.31. The summed E-state index contributed by atoms with van der Waals surface area (Å²) in [6.07, 6.45) is 1.22. The number of aromatic nitrogens is 2. The quantitative estimate of drug-likeness (QED) is 0.504. The number of nitrogens with zero attached hydrogens (tertiary/aromatic N) is 4. The molecular weight excluding hydrogens is 456 g/mol. The summed E-state index contributed by atoms with van der Waals surface area (Å²) in [4.78, 5) is 16.8. The third kappa shape index (κ3) is 4.87. The summed E-state index contributed by atoms with van der Waals surface area (Å²) in [5.74, 6) is -0.351. The van der Waals surface area contributed by atoms with E-state index in [0.717, 1.165) is 9.87 Å². The van der Waals surface area contributed by atoms with Crippen molar-refractivity contribution in [1.82, 2.24) is 14.4 Å². The maximum Gasteiger partial charge on any atom is 0.344 e. The number of halogens is 1. The molecule has 2 heterocycles. The minimum absolute atomic E-state index is 0.0215. The second-order valence-corrected chi connectivity index (χ2v) is 8.81. The van der Waals surface area contributed by atoms with Gasteiger partial charge in [0.05, 0.1) is 17.8 Å². The molecule has 3 aromatic rings. The van der Waals surface area contributed by atoms with Crippen LogP contribution < -0.4 is 0 Å². The van der Waals surface area contributed by atoms with Gasteiger partial charge < -0.3 is 9.26 Å². The van der Waals surface area contributed by atoms with Gasteiger partial charge in [0.2, 0.25) is 5.82 Å². The van der Waals surface area contributed by atoms with E-state index in [1.165, 1.54) is 13.1 Å². The second-order valence-electron chi connectivity index (χ2n) is 6.82. The van der Waals surface area contributed by atoms with Crippen LogP contribution in [0.1, 0.15) is 18.4 Å². The van der Waals surface area contributed by atoms with Crippen molar-refractivity contribution in [1.29, 1.82) is 0 Å². The van der Waals surface area contributed by atoms with Crippen LogP contribution in [-0.2, 0) is 32.9 Å². The van der Waals surface area contributed by atoms with Gasteiger partial charge in [-0.05, 0) is 36.8 Å². The molecule has 0 radical (unpaired) electrons. The van der Waals surface area contributed by atoms with Crippen molar-refractivity contribution in [2.45, 2.75) is 20.1 Å². The van der Waals surface area contributed by atoms with Gasteiger partial charge in [0.15, 0.2) is 6.61 Å². The number of carbonyl (C=O) groups is 1. The zero-order chi connectivity index (χ0) is 22.7. The molecule has 2 aromatic carbocycles. The topological polar surface area (TPSA) is 115 Å². The van der Waals surface area contributed by atoms with Crippen molar-refractivity contribution >= 4 is 33.5 Å². The van der Waals surface area contributed by atoms with Crippen LogP contribution in [0, 0.1) is 0 Å². The van der Waals surface area contributed by atoms with Crippen LogP contribution in [0.25, 0.3) is 11.4 Å². The largest absolute Gasteiger partial charge is 0.452 e. The molecular formula is C21H17ClN4O5S. The van der Waals surface area contributed by atoms with E-state index < -0.39 is 16.2 Å². The van der Waals surface area contributed by atoms with Gasteiger partial charge in [-0.1, -0.05) is 47.1 Å². The van der Waals surface area contributed by atoms with E-state index in [2.05, 4.69) is 14.5 Å². The molecule has 0 saturated carbocycles. The summed E-state index contributed by atoms with van der Waals surface area (Å²) in [6, 6.07) is 15.8. The summed E-state index contributed by atoms with van der Waals surface area (Å²) in [5, 5.41) is 4.43. The molecule has 32 heavy (non-hydrogen) atoms. The lowest BCUT2D eigenvalue weighted by molar-refractivity contribution is -0.140. The van der Waals surface area contributed by atoms with Gasteiger partial charge in [-0.25, -0.2) is 4.79 Å². The highest BCUT2D eigenvalue weighted by molar-refractivity contribution is 7.88. The Kier molecular flexibility index (Phi) is 6.06. The summed E-state index contributed by atoms with van der Waals surface area (Å²) < 4.78 is 39.9. The third-order valence-corrected chi connectivity index (χ3v) is 6.09. The molecule has 1 aliphatic rings. The van der Waals surface area contributed by atoms with Crippen LogP contribution in [0.15, 0.2) is 75.3 Å². The Hall–Kier alpha value is -3.50. The molecule has 0 atom stereocenters. The van der Waals surface area contributed by atoms with Gasteiger partial charge in [0.1, 0.15) is 0 Å². The highest BCUT2D eigenvalue weighted by Gasteiger charge is 2.29. The molecule has 0 fully saturated rings. The van der Waals surface area contributed by atoms with E-state index in [4.69, 9.17) is 20.9 Å². The molecule has 0 spiro atoms. The Balaban J connectivity index is 1.46. The minimum Gasteiger partial charge on any atom is -0.452 e. The number of benzene rings is 2. The molecule has 0 N–H and O–H groups in total. The Morgan fingerprint density at radius 2 is 1.84 bits per heavy atom. The van der Waals surface area contributed by atoms with Gasteiger partial charge in [-0.2, -0.15) is 13.4 Å². The van der Waals surface area contributed by atoms with Crippen molar-refractivity contribution in [3.05, 3.63) is 82.8 Å². The standard InChI is InChI=1S/C21H17ClN4O5S/c1-14-18(12-26(32(28,29)25-14)11-15-5-3-2-4-6-15)21(27)30-13-19-23-20(24-31-19)16-7-9-17(22)10-8-16/h2-10,12H,11,13H2,1H3. The number of hydrogen-bond donors (Lipinski definition) is 0. The molecule has 1 aliphatic heterocycles. The van der Waals surface area contributed by atoms with Gasteiger partial charge in [-0.3, -0.25) is 4.31 Å². The van der Waals surface area contributed by atoms with Gasteiger partial charge in [0.25, 0.3) is 5.89 Å². The van der Waals surface area contributed by atoms with Crippen LogP contribution in [0.5, 0.6) is 0 Å². The SMILES string of the molecule is CC1=NS(=O)(=O)N(Cc2ccccc2)C=C1C(=O)OCc1nc(-c2ccc(Cl)cc2)no1. The number of rotatable bonds is 6. The summed E-state index contributed by atoms with van der Waals surface area (Å²) in [5.41, 5.74) is 1.49. The third-order valence-electron chi connectivity index (χ3n) is 4.51. The maximum atomic E-state index is 12.6. The maximum absolute atomic E-state index is 12.6. The van der Waals surface area contributed by atoms with E-state index in [1.54, 1.807) is 48.5 Å². The molecule has 9 nitrogen and oxygen atoms in total. The monoisotopic (exact) mass is 472 g/mol. The minimum atomic E-state index is -3.95. The Labute approximate surface area is 189 Å². The highest BCUT2D eigenvalue weighted by Crippen LogP contribution is 2.21. The zero-order valence-electron chi connectivity index (χ0n) is 16.8. The number of ether oxygens (including phenoxy) is 1. The lowest BCUT2D eigenvalue weighted by Gasteiger charge is -2.23. The molecule has 164 valence electrons. The van der Waals surface area contributed by atoms with Crippen molar-refractivity contribution in [3.8, 4) is 11.4 Å². The first-order valence-electron chi connectivity index (χ1n) is 9.42. The van der Waals surface area contributed by atoms with E-state index >= 15 is 0 Å². The van der Waals surface area contributed by atoms with Crippen LogP contribution in [-0.4, -0.2) is 34.5 Å². The molecule has 0 saturated heterocycles. The van der Waals surface area contributed by atoms with E-state index in [9.17, 15) is 13.2 Å². The Bertz CT molecular complexity index is 1300. The van der Waals surface area contributed by atoms with E-state index in [-0.39, 0.29) is 30.3 Å². The van der Waals surface area contributed by atoms with Crippen molar-refractivity contribution < 1.29 is 22.5 Å². The van der Waals surface area contributed by atoms with Crippen LogP contribution in [0.3, 0.4) is 0 Å². The Morgan fingerprint density at radius 3 is 2.56 bits per heavy atom. The fourth-order valence-electron chi connectivity index (χ4n) is 2.90. The molecule has 11 heteroatoms. The summed E-state index contributed by atoms with van der Waals surface area (Å²) in [6.45, 7) is 1.18. The van der Waals surface area contributed by atoms with E-state index in [1.807, 2.05) is 6.07 Å². The average Bonchev–Trinajstić information content (AvgIpc) is 3.24. The number of carbonyl (C=O) groups excluding carboxylic acids is 1. The van der Waals surface area contributed by atoms with Gasteiger partial charge in [0, 0.05) is 16.8 Å². The first-order valence-corrected chi connectivity index (χ1v) is 11.2. The number of hydrogen-bond acceptors (Lipinski definition) is 7. The zero-order valence-corrected chi connectivity index (χ0v) is 18.4. The predicted molar refractivity (Wildman–Crippen MR) is 117 cm³/mol. The van der Waals surface area contributed by atoms with Crippen molar-refractivity contribution in [2.24, 2.45) is 4.40 Å². The first kappa shape index (κ1) is 21.7. The van der Waals surface area contributed by atoms with Crippen molar-refractivity contribution in [3.63, 3.8) is 0 Å². The van der Waals surface area contributed by atoms with Gasteiger partial charge >= 0.3 is 16.2 Å². The summed E-state index contributed by atoms with van der Waals surface area (Å²) >= 11 is 5.87. The average molecular weight is 473 g/mol. The smallest absolute Gasteiger partial charge is 0.344 e. The fourth-order valence-corrected chi connectivity index (χ4v) is 4.13. The molecule has 4 rings (SSSR count).